The van der Waals surface area contributed by atoms with Crippen LogP contribution in [0, 0.1) is 16.0 Å². The van der Waals surface area contributed by atoms with Gasteiger partial charge in [-0.1, -0.05) is 12.1 Å². The molecule has 44 heavy (non-hydrogen) atoms. The number of nitro groups is 1. The summed E-state index contributed by atoms with van der Waals surface area (Å²) in [5, 5.41) is 24.0. The number of para-hydroxylation sites is 1. The Balaban J connectivity index is 1.69. The van der Waals surface area contributed by atoms with E-state index in [2.05, 4.69) is 5.32 Å². The fourth-order valence-electron chi connectivity index (χ4n) is 5.31. The van der Waals surface area contributed by atoms with Gasteiger partial charge in [0.2, 0.25) is 15.9 Å². The minimum Gasteiger partial charge on any atom is -0.493 e. The second-order valence-corrected chi connectivity index (χ2v) is 13.6. The molecular formula is C29H36N4O10S. The smallest absolute Gasteiger partial charge is 0.410 e. The number of amides is 2. The number of hydrogen-bond donors (Lipinski definition) is 2. The van der Waals surface area contributed by atoms with Gasteiger partial charge in [-0.15, -0.1) is 0 Å². The number of sulfonamides is 1. The molecule has 2 aromatic carbocycles. The molecule has 0 aliphatic carbocycles. The zero-order valence-corrected chi connectivity index (χ0v) is 25.5. The third-order valence-electron chi connectivity index (χ3n) is 7.32. The van der Waals surface area contributed by atoms with Crippen LogP contribution in [0.25, 0.3) is 0 Å². The van der Waals surface area contributed by atoms with Crippen LogP contribution in [-0.2, 0) is 19.6 Å². The van der Waals surface area contributed by atoms with Gasteiger partial charge in [0, 0.05) is 44.7 Å². The predicted molar refractivity (Wildman–Crippen MR) is 157 cm³/mol. The molecule has 2 bridgehead atoms. The summed E-state index contributed by atoms with van der Waals surface area (Å²) in [6.07, 6.45) is -0.173. The van der Waals surface area contributed by atoms with E-state index in [9.17, 15) is 38.0 Å². The second-order valence-electron chi connectivity index (χ2n) is 11.7. The summed E-state index contributed by atoms with van der Waals surface area (Å²) in [6.45, 7) is 5.10. The molecule has 2 aliphatic rings. The molecule has 0 saturated carbocycles. The maximum absolute atomic E-state index is 13.6. The second kappa shape index (κ2) is 13.2. The summed E-state index contributed by atoms with van der Waals surface area (Å²) in [7, 11) is -4.34. The number of ether oxygens (including phenoxy) is 2. The highest BCUT2D eigenvalue weighted by Crippen LogP contribution is 2.37. The average Bonchev–Trinajstić information content (AvgIpc) is 2.96. The summed E-state index contributed by atoms with van der Waals surface area (Å²) in [6, 6.07) is 9.40. The first-order valence-corrected chi connectivity index (χ1v) is 15.6. The molecule has 0 spiro atoms. The van der Waals surface area contributed by atoms with Crippen molar-refractivity contribution < 1.29 is 42.3 Å². The molecule has 2 heterocycles. The molecule has 1 fully saturated rings. The SMILES string of the molecule is CC(C)(C)OC(=O)N1CC2CC(C1)c1cc(C(=O)O)ccc1OCCCN(S(=O)(=O)c1ccccc1[N+](=O)[O-])CCNC2=O. The van der Waals surface area contributed by atoms with Crippen LogP contribution in [-0.4, -0.2) is 90.6 Å². The average molecular weight is 633 g/mol. The molecule has 14 nitrogen and oxygen atoms in total. The Hall–Kier alpha value is -4.24. The lowest BCUT2D eigenvalue weighted by atomic mass is 9.83. The van der Waals surface area contributed by atoms with E-state index >= 15 is 0 Å². The third kappa shape index (κ3) is 7.63. The lowest BCUT2D eigenvalue weighted by molar-refractivity contribution is -0.387. The van der Waals surface area contributed by atoms with Crippen molar-refractivity contribution in [2.45, 2.75) is 50.0 Å². The van der Waals surface area contributed by atoms with Crippen molar-refractivity contribution in [1.29, 1.82) is 0 Å². The third-order valence-corrected chi connectivity index (χ3v) is 9.27. The standard InChI is InChI=1S/C29H36N4O10S/c1-29(2,3)43-28(37)31-17-20-15-21(18-31)26(34)30-11-13-32(44(40,41)25-8-5-4-7-23(25)33(38)39)12-6-14-42-24-10-9-19(27(35)36)16-22(20)24/h4-5,7-10,16,20-21H,6,11-15,17-18H2,1-3H3,(H,30,34)(H,35,36). The Kier molecular flexibility index (Phi) is 9.78. The topological polar surface area (TPSA) is 186 Å². The number of nitro benzene ring substituents is 1. The van der Waals surface area contributed by atoms with Crippen molar-refractivity contribution in [3.63, 3.8) is 0 Å². The van der Waals surface area contributed by atoms with E-state index in [1.807, 2.05) is 0 Å². The highest BCUT2D eigenvalue weighted by molar-refractivity contribution is 7.89. The van der Waals surface area contributed by atoms with Gasteiger partial charge in [0.25, 0.3) is 5.69 Å². The van der Waals surface area contributed by atoms with Crippen LogP contribution in [0.5, 0.6) is 5.75 Å². The number of benzene rings is 2. The van der Waals surface area contributed by atoms with Gasteiger partial charge in [0.1, 0.15) is 11.4 Å². The van der Waals surface area contributed by atoms with Crippen molar-refractivity contribution in [1.82, 2.24) is 14.5 Å². The summed E-state index contributed by atoms with van der Waals surface area (Å²) in [5.74, 6) is -2.43. The molecule has 2 amide bonds. The predicted octanol–water partition coefficient (Wildman–Crippen LogP) is 3.22. The van der Waals surface area contributed by atoms with Crippen LogP contribution in [0.4, 0.5) is 10.5 Å². The van der Waals surface area contributed by atoms with E-state index in [1.165, 1.54) is 35.2 Å². The van der Waals surface area contributed by atoms with Gasteiger partial charge < -0.3 is 24.8 Å². The largest absolute Gasteiger partial charge is 0.493 e. The van der Waals surface area contributed by atoms with Crippen LogP contribution in [0.15, 0.2) is 47.4 Å². The van der Waals surface area contributed by atoms with Crippen LogP contribution >= 0.6 is 0 Å². The van der Waals surface area contributed by atoms with Crippen molar-refractivity contribution in [2.24, 2.45) is 5.92 Å². The van der Waals surface area contributed by atoms with Gasteiger partial charge in [0.15, 0.2) is 4.90 Å². The lowest BCUT2D eigenvalue weighted by Gasteiger charge is -2.38. The Morgan fingerprint density at radius 2 is 1.82 bits per heavy atom. The summed E-state index contributed by atoms with van der Waals surface area (Å²) >= 11 is 0. The highest BCUT2D eigenvalue weighted by Gasteiger charge is 2.38. The monoisotopic (exact) mass is 632 g/mol. The molecular weight excluding hydrogens is 596 g/mol. The fourth-order valence-corrected chi connectivity index (χ4v) is 6.95. The van der Waals surface area contributed by atoms with E-state index in [0.29, 0.717) is 11.3 Å². The molecule has 2 atom stereocenters. The summed E-state index contributed by atoms with van der Waals surface area (Å²) < 4.78 is 39.8. The zero-order chi connectivity index (χ0) is 32.2. The molecule has 15 heteroatoms. The van der Waals surface area contributed by atoms with Gasteiger partial charge in [-0.25, -0.2) is 18.0 Å². The molecule has 0 radical (unpaired) electrons. The first-order valence-electron chi connectivity index (χ1n) is 14.2. The van der Waals surface area contributed by atoms with E-state index < -0.39 is 60.9 Å². The molecule has 2 N–H and O–H groups in total. The number of fused-ring (bicyclic) bond motifs is 4. The quantitative estimate of drug-likeness (QED) is 0.374. The Morgan fingerprint density at radius 3 is 2.50 bits per heavy atom. The maximum atomic E-state index is 13.6. The van der Waals surface area contributed by atoms with Gasteiger partial charge in [-0.2, -0.15) is 4.31 Å². The van der Waals surface area contributed by atoms with E-state index in [1.54, 1.807) is 20.8 Å². The van der Waals surface area contributed by atoms with Crippen molar-refractivity contribution >= 4 is 33.7 Å². The van der Waals surface area contributed by atoms with Crippen LogP contribution < -0.4 is 10.1 Å². The van der Waals surface area contributed by atoms with Crippen molar-refractivity contribution in [2.75, 3.05) is 39.3 Å². The molecule has 0 aromatic heterocycles. The normalized spacial score (nSPS) is 20.3. The minimum absolute atomic E-state index is 0.00517. The number of aromatic carboxylic acids is 1. The van der Waals surface area contributed by atoms with E-state index in [-0.39, 0.29) is 57.7 Å². The number of piperidine rings is 1. The number of carbonyl (C=O) groups excluding carboxylic acids is 2. The first kappa shape index (κ1) is 32.7. The molecule has 2 aliphatic heterocycles. The Labute approximate surface area is 255 Å². The number of hydrogen-bond acceptors (Lipinski definition) is 9. The van der Waals surface area contributed by atoms with E-state index in [0.717, 1.165) is 16.4 Å². The number of carbonyl (C=O) groups is 3. The molecule has 238 valence electrons. The fraction of sp³-hybridized carbons (Fsp3) is 0.483. The number of carboxylic acid groups (broad SMARTS) is 1. The molecule has 1 saturated heterocycles. The Morgan fingerprint density at radius 1 is 1.11 bits per heavy atom. The first-order chi connectivity index (χ1) is 20.7. The molecule has 4 rings (SSSR count). The summed E-state index contributed by atoms with van der Waals surface area (Å²) in [5.41, 5.74) is -0.854. The number of rotatable bonds is 4. The van der Waals surface area contributed by atoms with Gasteiger partial charge in [-0.05, 0) is 63.4 Å². The lowest BCUT2D eigenvalue weighted by Crippen LogP contribution is -2.50. The van der Waals surface area contributed by atoms with Gasteiger partial charge in [0.05, 0.1) is 23.0 Å². The van der Waals surface area contributed by atoms with Crippen molar-refractivity contribution in [3.8, 4) is 5.75 Å². The number of nitrogens with one attached hydrogen (secondary N) is 1. The summed E-state index contributed by atoms with van der Waals surface area (Å²) in [4.78, 5) is 50.1. The van der Waals surface area contributed by atoms with Gasteiger partial charge >= 0.3 is 12.1 Å². The van der Waals surface area contributed by atoms with E-state index in [4.69, 9.17) is 9.47 Å². The Bertz CT molecular complexity index is 1540. The van der Waals surface area contributed by atoms with Crippen LogP contribution in [0.2, 0.25) is 0 Å². The van der Waals surface area contributed by atoms with Gasteiger partial charge in [-0.3, -0.25) is 14.9 Å². The number of likely N-dealkylation sites (tertiary alicyclic amines) is 1. The maximum Gasteiger partial charge on any atom is 0.410 e. The number of carboxylic acids is 1. The van der Waals surface area contributed by atoms with Crippen LogP contribution in [0.3, 0.4) is 0 Å². The molecule has 2 aromatic rings. The molecule has 2 unspecified atom stereocenters. The van der Waals surface area contributed by atoms with Crippen LogP contribution in [0.1, 0.15) is 55.5 Å². The van der Waals surface area contributed by atoms with Crippen molar-refractivity contribution in [3.05, 3.63) is 63.7 Å². The minimum atomic E-state index is -4.34. The number of nitrogens with zero attached hydrogens (tertiary/aromatic N) is 3. The highest BCUT2D eigenvalue weighted by atomic mass is 32.2. The zero-order valence-electron chi connectivity index (χ0n) is 24.7.